The molecule has 2 N–H and O–H groups in total. The minimum absolute atomic E-state index is 0. The van der Waals surface area contributed by atoms with Gasteiger partial charge >= 0.3 is 5.97 Å². The topological polar surface area (TPSA) is 76.7 Å². The van der Waals surface area contributed by atoms with Gasteiger partial charge in [-0.05, 0) is 25.1 Å². The van der Waals surface area contributed by atoms with E-state index in [9.17, 15) is 14.0 Å². The lowest BCUT2D eigenvalue weighted by Gasteiger charge is -2.29. The first-order valence-electron chi connectivity index (χ1n) is 6.56. The number of carbonyl (C=O) groups is 2. The van der Waals surface area contributed by atoms with Crippen LogP contribution in [-0.2, 0) is 14.3 Å². The molecule has 0 aromatic heterocycles. The molecule has 1 heterocycles. The van der Waals surface area contributed by atoms with Crippen molar-refractivity contribution < 1.29 is 23.5 Å². The third-order valence-corrected chi connectivity index (χ3v) is 3.24. The van der Waals surface area contributed by atoms with Crippen molar-refractivity contribution in [3.05, 3.63) is 29.6 Å². The second-order valence-electron chi connectivity index (χ2n) is 4.68. The maximum Gasteiger partial charge on any atom is 0.337 e. The number of anilines is 1. The van der Waals surface area contributed by atoms with Gasteiger partial charge < -0.3 is 20.1 Å². The van der Waals surface area contributed by atoms with Crippen molar-refractivity contribution in [3.63, 3.8) is 0 Å². The smallest absolute Gasteiger partial charge is 0.337 e. The highest BCUT2D eigenvalue weighted by molar-refractivity contribution is 5.97. The van der Waals surface area contributed by atoms with Crippen LogP contribution in [0.5, 0.6) is 0 Å². The Morgan fingerprint density at radius 2 is 2.18 bits per heavy atom. The third kappa shape index (κ3) is 4.16. The van der Waals surface area contributed by atoms with Gasteiger partial charge in [0.15, 0.2) is 0 Å². The van der Waals surface area contributed by atoms with E-state index in [1.807, 2.05) is 0 Å². The van der Waals surface area contributed by atoms with Crippen LogP contribution in [-0.4, -0.2) is 44.3 Å². The summed E-state index contributed by atoms with van der Waals surface area (Å²) in [6, 6.07) is 3.07. The minimum atomic E-state index is -0.625. The molecular formula is C14H18ClFN2O4. The molecule has 1 aliphatic rings. The molecule has 22 heavy (non-hydrogen) atoms. The van der Waals surface area contributed by atoms with E-state index in [1.165, 1.54) is 19.2 Å². The number of benzene rings is 1. The summed E-state index contributed by atoms with van der Waals surface area (Å²) < 4.78 is 23.7. The summed E-state index contributed by atoms with van der Waals surface area (Å²) in [6.45, 7) is 2.84. The molecule has 122 valence electrons. The number of esters is 1. The zero-order valence-electron chi connectivity index (χ0n) is 12.2. The molecule has 8 heteroatoms. The summed E-state index contributed by atoms with van der Waals surface area (Å²) in [5, 5.41) is 5.47. The Morgan fingerprint density at radius 3 is 2.82 bits per heavy atom. The molecule has 1 aromatic rings. The first kappa shape index (κ1) is 18.3. The maximum absolute atomic E-state index is 13.7. The van der Waals surface area contributed by atoms with E-state index in [4.69, 9.17) is 4.74 Å². The molecule has 1 amide bonds. The van der Waals surface area contributed by atoms with E-state index in [-0.39, 0.29) is 29.8 Å². The highest BCUT2D eigenvalue weighted by Crippen LogP contribution is 2.18. The van der Waals surface area contributed by atoms with Crippen LogP contribution in [0.2, 0.25) is 0 Å². The van der Waals surface area contributed by atoms with Crippen molar-refractivity contribution in [1.29, 1.82) is 0 Å². The number of hydrogen-bond acceptors (Lipinski definition) is 5. The highest BCUT2D eigenvalue weighted by atomic mass is 35.5. The van der Waals surface area contributed by atoms with Crippen LogP contribution < -0.4 is 10.6 Å². The summed E-state index contributed by atoms with van der Waals surface area (Å²) >= 11 is 0. The van der Waals surface area contributed by atoms with Gasteiger partial charge in [0.2, 0.25) is 5.91 Å². The summed E-state index contributed by atoms with van der Waals surface area (Å²) in [4.78, 5) is 23.6. The lowest BCUT2D eigenvalue weighted by atomic mass is 10.1. The Bertz CT molecular complexity index is 556. The molecule has 0 saturated carbocycles. The molecule has 1 aromatic carbocycles. The van der Waals surface area contributed by atoms with Crippen molar-refractivity contribution in [1.82, 2.24) is 5.32 Å². The molecule has 6 nitrogen and oxygen atoms in total. The number of amides is 1. The van der Waals surface area contributed by atoms with Crippen LogP contribution in [0.3, 0.4) is 0 Å². The van der Waals surface area contributed by atoms with E-state index in [0.717, 1.165) is 6.07 Å². The fourth-order valence-corrected chi connectivity index (χ4v) is 2.10. The molecule has 1 saturated heterocycles. The van der Waals surface area contributed by atoms with Crippen molar-refractivity contribution in [3.8, 4) is 0 Å². The molecule has 0 radical (unpaired) electrons. The number of nitrogens with one attached hydrogen (secondary N) is 2. The fourth-order valence-electron chi connectivity index (χ4n) is 2.10. The number of carbonyl (C=O) groups excluding carboxylic acids is 2. The van der Waals surface area contributed by atoms with E-state index >= 15 is 0 Å². The Balaban J connectivity index is 0.00000242. The van der Waals surface area contributed by atoms with Gasteiger partial charge in [-0.15, -0.1) is 12.4 Å². The highest BCUT2D eigenvalue weighted by Gasteiger charge is 2.28. The lowest BCUT2D eigenvalue weighted by molar-refractivity contribution is -0.123. The van der Waals surface area contributed by atoms with Gasteiger partial charge in [-0.2, -0.15) is 0 Å². The number of hydrogen-bond donors (Lipinski definition) is 2. The molecule has 0 unspecified atom stereocenters. The Morgan fingerprint density at radius 1 is 1.45 bits per heavy atom. The summed E-state index contributed by atoms with van der Waals surface area (Å²) in [6.07, 6.45) is -0.314. The van der Waals surface area contributed by atoms with Crippen LogP contribution in [0.25, 0.3) is 0 Å². The molecule has 0 spiro atoms. The minimum Gasteiger partial charge on any atom is -0.465 e. The van der Waals surface area contributed by atoms with Gasteiger partial charge in [0.1, 0.15) is 11.9 Å². The monoisotopic (exact) mass is 332 g/mol. The first-order chi connectivity index (χ1) is 10.0. The van der Waals surface area contributed by atoms with Gasteiger partial charge in [0, 0.05) is 6.54 Å². The predicted molar refractivity (Wildman–Crippen MR) is 80.8 cm³/mol. The van der Waals surface area contributed by atoms with Crippen LogP contribution in [0.15, 0.2) is 18.2 Å². The number of ether oxygens (including phenoxy) is 2. The van der Waals surface area contributed by atoms with Crippen LogP contribution in [0, 0.1) is 5.82 Å². The van der Waals surface area contributed by atoms with Gasteiger partial charge in [-0.1, -0.05) is 0 Å². The quantitative estimate of drug-likeness (QED) is 0.817. The average molecular weight is 333 g/mol. The number of halogens is 2. The molecule has 0 aliphatic carbocycles. The van der Waals surface area contributed by atoms with Crippen molar-refractivity contribution in [2.45, 2.75) is 19.1 Å². The number of methoxy groups -OCH3 is 1. The largest absolute Gasteiger partial charge is 0.465 e. The van der Waals surface area contributed by atoms with E-state index in [1.54, 1.807) is 6.92 Å². The van der Waals surface area contributed by atoms with Gasteiger partial charge in [0.25, 0.3) is 0 Å². The first-order valence-corrected chi connectivity index (χ1v) is 6.56. The summed E-state index contributed by atoms with van der Waals surface area (Å²) in [5.74, 6) is -1.64. The molecule has 2 atom stereocenters. The second kappa shape index (κ2) is 8.07. The Labute approximate surface area is 133 Å². The van der Waals surface area contributed by atoms with Crippen LogP contribution in [0.1, 0.15) is 17.3 Å². The molecule has 1 fully saturated rings. The predicted octanol–water partition coefficient (Wildman–Crippen LogP) is 1.35. The summed E-state index contributed by atoms with van der Waals surface area (Å²) in [5.41, 5.74) is 0.0950. The van der Waals surface area contributed by atoms with E-state index in [2.05, 4.69) is 15.4 Å². The van der Waals surface area contributed by atoms with Crippen molar-refractivity contribution >= 4 is 30.0 Å². The van der Waals surface area contributed by atoms with Crippen LogP contribution in [0.4, 0.5) is 10.1 Å². The van der Waals surface area contributed by atoms with E-state index < -0.39 is 23.7 Å². The second-order valence-corrected chi connectivity index (χ2v) is 4.68. The standard InChI is InChI=1S/C14H17FN2O4.ClH/c1-8-12(16-5-6-21-8)13(18)17-11-7-9(14(19)20-2)3-4-10(11)15;/h3-4,7-8,12,16H,5-6H2,1-2H3,(H,17,18);1H/t8-,12+;/m1./s1. The maximum atomic E-state index is 13.7. The molecule has 0 bridgehead atoms. The Hall–Kier alpha value is -1.70. The normalized spacial score (nSPS) is 20.7. The SMILES string of the molecule is COC(=O)c1ccc(F)c(NC(=O)[C@H]2NCCO[C@@H]2C)c1.Cl. The van der Waals surface area contributed by atoms with Crippen LogP contribution >= 0.6 is 12.4 Å². The van der Waals surface area contributed by atoms with Gasteiger partial charge in [-0.3, -0.25) is 4.79 Å². The third-order valence-electron chi connectivity index (χ3n) is 3.24. The number of rotatable bonds is 3. The number of morpholine rings is 1. The van der Waals surface area contributed by atoms with E-state index in [0.29, 0.717) is 13.2 Å². The molecular weight excluding hydrogens is 315 g/mol. The van der Waals surface area contributed by atoms with Gasteiger partial charge in [-0.25, -0.2) is 9.18 Å². The average Bonchev–Trinajstić information content (AvgIpc) is 2.49. The fraction of sp³-hybridized carbons (Fsp3) is 0.429. The molecule has 2 rings (SSSR count). The van der Waals surface area contributed by atoms with Crippen molar-refractivity contribution in [2.24, 2.45) is 0 Å². The Kier molecular flexibility index (Phi) is 6.73. The summed E-state index contributed by atoms with van der Waals surface area (Å²) in [7, 11) is 1.23. The zero-order valence-corrected chi connectivity index (χ0v) is 13.0. The zero-order chi connectivity index (χ0) is 15.4. The molecule has 1 aliphatic heterocycles. The van der Waals surface area contributed by atoms with Gasteiger partial charge in [0.05, 0.1) is 31.1 Å². The van der Waals surface area contributed by atoms with Crippen molar-refractivity contribution in [2.75, 3.05) is 25.6 Å². The lowest BCUT2D eigenvalue weighted by Crippen LogP contribution is -2.53.